The molecule has 7 heteroatoms. The van der Waals surface area contributed by atoms with Crippen LogP contribution in [-0.4, -0.2) is 54.6 Å². The van der Waals surface area contributed by atoms with Gasteiger partial charge in [-0.05, 0) is 25.5 Å². The highest BCUT2D eigenvalue weighted by molar-refractivity contribution is 6.36. The quantitative estimate of drug-likeness (QED) is 0.899. The second kappa shape index (κ2) is 6.38. The molecular formula is C14H18Cl2N4O. The molecule has 3 rings (SSSR count). The van der Waals surface area contributed by atoms with Gasteiger partial charge in [-0.25, -0.2) is 4.98 Å². The van der Waals surface area contributed by atoms with E-state index in [-0.39, 0.29) is 11.9 Å². The summed E-state index contributed by atoms with van der Waals surface area (Å²) >= 11 is 12.1. The minimum Gasteiger partial charge on any atom is -0.352 e. The smallest absolute Gasteiger partial charge is 0.239 e. The van der Waals surface area contributed by atoms with Crippen molar-refractivity contribution in [2.75, 3.05) is 37.6 Å². The zero-order valence-electron chi connectivity index (χ0n) is 11.7. The molecule has 1 unspecified atom stereocenters. The van der Waals surface area contributed by atoms with Crippen LogP contribution in [-0.2, 0) is 4.79 Å². The molecule has 2 fully saturated rings. The Morgan fingerprint density at radius 2 is 2.05 bits per heavy atom. The van der Waals surface area contributed by atoms with E-state index in [0.717, 1.165) is 38.3 Å². The lowest BCUT2D eigenvalue weighted by Crippen LogP contribution is -2.53. The lowest BCUT2D eigenvalue weighted by molar-refractivity contribution is -0.133. The number of rotatable bonds is 2. The molecule has 0 spiro atoms. The van der Waals surface area contributed by atoms with Gasteiger partial charge in [-0.3, -0.25) is 4.79 Å². The second-order valence-corrected chi connectivity index (χ2v) is 6.26. The van der Waals surface area contributed by atoms with Crippen LogP contribution in [0.1, 0.15) is 12.8 Å². The van der Waals surface area contributed by atoms with Crippen molar-refractivity contribution < 1.29 is 4.79 Å². The van der Waals surface area contributed by atoms with E-state index in [1.165, 1.54) is 0 Å². The second-order valence-electron chi connectivity index (χ2n) is 5.42. The molecule has 0 saturated carbocycles. The van der Waals surface area contributed by atoms with Crippen molar-refractivity contribution in [3.8, 4) is 0 Å². The van der Waals surface area contributed by atoms with Crippen LogP contribution in [0.3, 0.4) is 0 Å². The van der Waals surface area contributed by atoms with Gasteiger partial charge < -0.3 is 15.1 Å². The highest BCUT2D eigenvalue weighted by Gasteiger charge is 2.29. The normalized spacial score (nSPS) is 22.7. The summed E-state index contributed by atoms with van der Waals surface area (Å²) in [5.41, 5.74) is 0. The van der Waals surface area contributed by atoms with Crippen molar-refractivity contribution in [2.45, 2.75) is 18.9 Å². The molecule has 1 N–H and O–H groups in total. The summed E-state index contributed by atoms with van der Waals surface area (Å²) in [5, 5.41) is 4.35. The molecule has 2 aliphatic heterocycles. The van der Waals surface area contributed by atoms with Gasteiger partial charge in [-0.1, -0.05) is 23.2 Å². The zero-order valence-corrected chi connectivity index (χ0v) is 13.2. The number of halogens is 2. The van der Waals surface area contributed by atoms with Gasteiger partial charge in [0.1, 0.15) is 5.82 Å². The number of pyridine rings is 1. The van der Waals surface area contributed by atoms with Crippen LogP contribution < -0.4 is 10.2 Å². The number of aromatic nitrogens is 1. The van der Waals surface area contributed by atoms with Crippen LogP contribution in [0.15, 0.2) is 12.3 Å². The molecule has 0 aliphatic carbocycles. The average Bonchev–Trinajstić information content (AvgIpc) is 3.01. The largest absolute Gasteiger partial charge is 0.352 e. The molecule has 1 aromatic rings. The van der Waals surface area contributed by atoms with E-state index in [4.69, 9.17) is 23.2 Å². The van der Waals surface area contributed by atoms with E-state index in [1.54, 1.807) is 12.3 Å². The summed E-state index contributed by atoms with van der Waals surface area (Å²) in [6.45, 7) is 3.84. The number of nitrogens with zero attached hydrogens (tertiary/aromatic N) is 3. The number of amides is 1. The minimum absolute atomic E-state index is 0.00814. The van der Waals surface area contributed by atoms with Gasteiger partial charge in [0.15, 0.2) is 0 Å². The molecule has 2 saturated heterocycles. The highest BCUT2D eigenvalue weighted by Crippen LogP contribution is 2.26. The lowest BCUT2D eigenvalue weighted by Gasteiger charge is -2.36. The third-order valence-electron chi connectivity index (χ3n) is 4.04. The molecule has 0 aromatic carbocycles. The van der Waals surface area contributed by atoms with Crippen LogP contribution in [0.4, 0.5) is 5.82 Å². The van der Waals surface area contributed by atoms with Gasteiger partial charge in [0, 0.05) is 32.4 Å². The van der Waals surface area contributed by atoms with Gasteiger partial charge in [0.2, 0.25) is 5.91 Å². The van der Waals surface area contributed by atoms with E-state index in [1.807, 2.05) is 4.90 Å². The van der Waals surface area contributed by atoms with Crippen molar-refractivity contribution in [3.05, 3.63) is 22.3 Å². The summed E-state index contributed by atoms with van der Waals surface area (Å²) in [6.07, 6.45) is 3.63. The first-order valence-corrected chi connectivity index (χ1v) is 7.99. The van der Waals surface area contributed by atoms with Crippen molar-refractivity contribution >= 4 is 34.9 Å². The summed E-state index contributed by atoms with van der Waals surface area (Å²) in [5.74, 6) is 0.967. The predicted octanol–water partition coefficient (Wildman–Crippen LogP) is 1.79. The monoisotopic (exact) mass is 328 g/mol. The average molecular weight is 329 g/mol. The first-order valence-electron chi connectivity index (χ1n) is 7.23. The summed E-state index contributed by atoms with van der Waals surface area (Å²) in [6, 6.07) is 1.71. The van der Waals surface area contributed by atoms with Crippen LogP contribution in [0.5, 0.6) is 0 Å². The molecule has 1 aromatic heterocycles. The molecule has 0 bridgehead atoms. The maximum absolute atomic E-state index is 12.3. The zero-order chi connectivity index (χ0) is 14.8. The van der Waals surface area contributed by atoms with Gasteiger partial charge in [0.05, 0.1) is 16.1 Å². The van der Waals surface area contributed by atoms with E-state index >= 15 is 0 Å². The Bertz CT molecular complexity index is 526. The third kappa shape index (κ3) is 3.25. The van der Waals surface area contributed by atoms with Gasteiger partial charge in [-0.2, -0.15) is 0 Å². The van der Waals surface area contributed by atoms with Crippen molar-refractivity contribution in [2.24, 2.45) is 0 Å². The molecule has 1 amide bonds. The van der Waals surface area contributed by atoms with Crippen LogP contribution in [0.25, 0.3) is 0 Å². The number of anilines is 1. The summed E-state index contributed by atoms with van der Waals surface area (Å²) in [7, 11) is 0. The Morgan fingerprint density at radius 3 is 2.67 bits per heavy atom. The number of nitrogens with one attached hydrogen (secondary N) is 1. The first-order chi connectivity index (χ1) is 10.1. The molecule has 114 valence electrons. The predicted molar refractivity (Wildman–Crippen MR) is 84.1 cm³/mol. The van der Waals surface area contributed by atoms with Crippen molar-refractivity contribution in [1.29, 1.82) is 0 Å². The number of hydrogen-bond donors (Lipinski definition) is 1. The number of carbonyl (C=O) groups is 1. The lowest BCUT2D eigenvalue weighted by atomic mass is 10.2. The fourth-order valence-electron chi connectivity index (χ4n) is 2.89. The van der Waals surface area contributed by atoms with Crippen molar-refractivity contribution in [3.63, 3.8) is 0 Å². The molecule has 1 atom stereocenters. The summed E-state index contributed by atoms with van der Waals surface area (Å²) in [4.78, 5) is 20.7. The minimum atomic E-state index is 0.00814. The number of hydrogen-bond acceptors (Lipinski definition) is 4. The van der Waals surface area contributed by atoms with Gasteiger partial charge >= 0.3 is 0 Å². The van der Waals surface area contributed by atoms with Crippen LogP contribution in [0, 0.1) is 0 Å². The maximum atomic E-state index is 12.3. The first kappa shape index (κ1) is 14.9. The fraction of sp³-hybridized carbons (Fsp3) is 0.571. The number of carbonyl (C=O) groups excluding carboxylic acids is 1. The SMILES string of the molecule is O=C(C1CCCN1)N1CCN(c2ncc(Cl)cc2Cl)CC1. The van der Waals surface area contributed by atoms with E-state index in [2.05, 4.69) is 15.2 Å². The fourth-order valence-corrected chi connectivity index (χ4v) is 3.39. The van der Waals surface area contributed by atoms with E-state index in [0.29, 0.717) is 23.1 Å². The Kier molecular flexibility index (Phi) is 4.52. The molecule has 5 nitrogen and oxygen atoms in total. The molecular weight excluding hydrogens is 311 g/mol. The van der Waals surface area contributed by atoms with E-state index < -0.39 is 0 Å². The Morgan fingerprint density at radius 1 is 1.29 bits per heavy atom. The topological polar surface area (TPSA) is 48.5 Å². The highest BCUT2D eigenvalue weighted by atomic mass is 35.5. The Hall–Kier alpha value is -1.04. The van der Waals surface area contributed by atoms with E-state index in [9.17, 15) is 4.79 Å². The Balaban J connectivity index is 1.60. The molecule has 3 heterocycles. The van der Waals surface area contributed by atoms with Gasteiger partial charge in [-0.15, -0.1) is 0 Å². The van der Waals surface area contributed by atoms with Crippen LogP contribution in [0.2, 0.25) is 10.0 Å². The standard InChI is InChI=1S/C14H18Cl2N4O/c15-10-8-11(16)13(18-9-10)19-4-6-20(7-5-19)14(21)12-2-1-3-17-12/h8-9,12,17H,1-7H2. The van der Waals surface area contributed by atoms with Gasteiger partial charge in [0.25, 0.3) is 0 Å². The summed E-state index contributed by atoms with van der Waals surface area (Å²) < 4.78 is 0. The number of piperazine rings is 1. The molecule has 2 aliphatic rings. The Labute approximate surface area is 134 Å². The van der Waals surface area contributed by atoms with Crippen LogP contribution >= 0.6 is 23.2 Å². The maximum Gasteiger partial charge on any atom is 0.239 e. The third-order valence-corrected chi connectivity index (χ3v) is 4.52. The molecule has 21 heavy (non-hydrogen) atoms. The van der Waals surface area contributed by atoms with Crippen molar-refractivity contribution in [1.82, 2.24) is 15.2 Å². The molecule has 0 radical (unpaired) electrons.